The van der Waals surface area contributed by atoms with Gasteiger partial charge in [-0.2, -0.15) is 0 Å². The summed E-state index contributed by atoms with van der Waals surface area (Å²) < 4.78 is 5.61. The zero-order valence-corrected chi connectivity index (χ0v) is 16.0. The lowest BCUT2D eigenvalue weighted by molar-refractivity contribution is 0.0842. The fourth-order valence-corrected chi connectivity index (χ4v) is 4.93. The topological polar surface area (TPSA) is 9.23 Å². The summed E-state index contributed by atoms with van der Waals surface area (Å²) in [5.41, 5.74) is 0. The van der Waals surface area contributed by atoms with Gasteiger partial charge in [0.2, 0.25) is 0 Å². The Bertz CT molecular complexity index is 272. The van der Waals surface area contributed by atoms with E-state index in [2.05, 4.69) is 13.8 Å². The third-order valence-corrected chi connectivity index (χ3v) is 6.69. The van der Waals surface area contributed by atoms with Crippen molar-refractivity contribution in [3.8, 4) is 0 Å². The lowest BCUT2D eigenvalue weighted by Crippen LogP contribution is -2.20. The summed E-state index contributed by atoms with van der Waals surface area (Å²) in [6.45, 7) is 6.34. The minimum absolute atomic E-state index is 0.866. The summed E-state index contributed by atoms with van der Waals surface area (Å²) in [5, 5.41) is 0. The van der Waals surface area contributed by atoms with Crippen molar-refractivity contribution in [2.45, 2.75) is 104 Å². The van der Waals surface area contributed by atoms with Gasteiger partial charge < -0.3 is 4.74 Å². The Morgan fingerprint density at radius 3 is 1.57 bits per heavy atom. The van der Waals surface area contributed by atoms with Gasteiger partial charge in [-0.05, 0) is 43.4 Å². The van der Waals surface area contributed by atoms with E-state index in [1.165, 1.54) is 89.9 Å². The molecule has 2 rings (SSSR count). The average Bonchev–Trinajstić information content (AvgIpc) is 2.60. The molecule has 0 bridgehead atoms. The molecule has 0 amide bonds. The van der Waals surface area contributed by atoms with Gasteiger partial charge in [0.15, 0.2) is 0 Å². The van der Waals surface area contributed by atoms with Crippen molar-refractivity contribution in [3.63, 3.8) is 0 Å². The van der Waals surface area contributed by atoms with Gasteiger partial charge >= 0.3 is 0 Å². The van der Waals surface area contributed by atoms with E-state index in [-0.39, 0.29) is 0 Å². The molecule has 0 radical (unpaired) electrons. The molecule has 1 nitrogen and oxygen atoms in total. The number of ether oxygens (including phenoxy) is 1. The molecule has 2 aliphatic carbocycles. The molecule has 0 aromatic rings. The van der Waals surface area contributed by atoms with Gasteiger partial charge in [-0.1, -0.05) is 84.0 Å². The molecular formula is C22H42O. The van der Waals surface area contributed by atoms with E-state index in [1.807, 2.05) is 0 Å². The first-order valence-corrected chi connectivity index (χ1v) is 10.9. The summed E-state index contributed by atoms with van der Waals surface area (Å²) >= 11 is 0. The maximum Gasteiger partial charge on any atom is 0.0494 e. The van der Waals surface area contributed by atoms with Crippen molar-refractivity contribution >= 4 is 0 Å². The predicted octanol–water partition coefficient (Wildman–Crippen LogP) is 7.00. The van der Waals surface area contributed by atoms with Crippen LogP contribution in [0.3, 0.4) is 0 Å². The van der Waals surface area contributed by atoms with Crippen LogP contribution in [0.5, 0.6) is 0 Å². The molecule has 136 valence electrons. The van der Waals surface area contributed by atoms with E-state index in [0.29, 0.717) is 0 Å². The van der Waals surface area contributed by atoms with Crippen molar-refractivity contribution in [2.75, 3.05) is 13.2 Å². The highest BCUT2D eigenvalue weighted by atomic mass is 16.5. The molecule has 0 unspecified atom stereocenters. The summed E-state index contributed by atoms with van der Waals surface area (Å²) in [7, 11) is 0. The standard InChI is InChI=1S/C22H42O/c1-3-5-6-7-19-8-10-20(11-9-19)12-13-21-14-16-22(17-15-21)18-23-4-2/h19-22H,3-18H2,1-2H3/t19-,20-,21-,22-. The molecule has 0 N–H and O–H groups in total. The molecule has 2 fully saturated rings. The van der Waals surface area contributed by atoms with Crippen LogP contribution in [0.15, 0.2) is 0 Å². The van der Waals surface area contributed by atoms with Gasteiger partial charge in [0.05, 0.1) is 0 Å². The van der Waals surface area contributed by atoms with Crippen LogP contribution in [0.1, 0.15) is 104 Å². The highest BCUT2D eigenvalue weighted by molar-refractivity contribution is 4.76. The van der Waals surface area contributed by atoms with Gasteiger partial charge in [-0.25, -0.2) is 0 Å². The van der Waals surface area contributed by atoms with E-state index >= 15 is 0 Å². The Balaban J connectivity index is 1.51. The first kappa shape index (κ1) is 19.3. The van der Waals surface area contributed by atoms with E-state index in [0.717, 1.165) is 36.9 Å². The first-order valence-electron chi connectivity index (χ1n) is 10.9. The fourth-order valence-electron chi connectivity index (χ4n) is 4.93. The van der Waals surface area contributed by atoms with Crippen molar-refractivity contribution in [1.29, 1.82) is 0 Å². The van der Waals surface area contributed by atoms with Crippen molar-refractivity contribution in [2.24, 2.45) is 23.7 Å². The Hall–Kier alpha value is -0.0400. The van der Waals surface area contributed by atoms with Crippen LogP contribution in [0.25, 0.3) is 0 Å². The summed E-state index contributed by atoms with van der Waals surface area (Å²) in [6, 6.07) is 0. The van der Waals surface area contributed by atoms with Crippen LogP contribution in [0.2, 0.25) is 0 Å². The van der Waals surface area contributed by atoms with Crippen LogP contribution in [-0.4, -0.2) is 13.2 Å². The SMILES string of the molecule is CCCCC[C@H]1CC[C@H](CC[C@H]2CC[C@H](COCC)CC2)CC1. The molecule has 2 saturated carbocycles. The molecule has 23 heavy (non-hydrogen) atoms. The number of unbranched alkanes of at least 4 members (excludes halogenated alkanes) is 2. The van der Waals surface area contributed by atoms with Gasteiger partial charge in [-0.3, -0.25) is 0 Å². The van der Waals surface area contributed by atoms with Gasteiger partial charge in [0, 0.05) is 13.2 Å². The largest absolute Gasteiger partial charge is 0.381 e. The molecule has 1 heteroatoms. The Kier molecular flexibility index (Phi) is 9.65. The van der Waals surface area contributed by atoms with Crippen LogP contribution in [-0.2, 0) is 4.74 Å². The molecule has 0 aliphatic heterocycles. The lowest BCUT2D eigenvalue weighted by atomic mass is 9.75. The van der Waals surface area contributed by atoms with E-state index in [4.69, 9.17) is 4.74 Å². The maximum absolute atomic E-state index is 5.61. The Morgan fingerprint density at radius 2 is 1.09 bits per heavy atom. The van der Waals surface area contributed by atoms with Gasteiger partial charge in [0.1, 0.15) is 0 Å². The highest BCUT2D eigenvalue weighted by Crippen LogP contribution is 2.37. The molecule has 0 spiro atoms. The number of hydrogen-bond acceptors (Lipinski definition) is 1. The average molecular weight is 323 g/mol. The second kappa shape index (κ2) is 11.5. The maximum atomic E-state index is 5.61. The summed E-state index contributed by atoms with van der Waals surface area (Å²) in [5.74, 6) is 4.05. The van der Waals surface area contributed by atoms with Gasteiger partial charge in [-0.15, -0.1) is 0 Å². The molecule has 0 aromatic carbocycles. The molecule has 0 aromatic heterocycles. The normalized spacial score (nSPS) is 32.1. The molecule has 2 aliphatic rings. The van der Waals surface area contributed by atoms with E-state index in [9.17, 15) is 0 Å². The van der Waals surface area contributed by atoms with E-state index < -0.39 is 0 Å². The molecule has 0 atom stereocenters. The van der Waals surface area contributed by atoms with Crippen LogP contribution in [0, 0.1) is 23.7 Å². The van der Waals surface area contributed by atoms with Crippen molar-refractivity contribution in [1.82, 2.24) is 0 Å². The van der Waals surface area contributed by atoms with Crippen molar-refractivity contribution < 1.29 is 4.74 Å². The predicted molar refractivity (Wildman–Crippen MR) is 101 cm³/mol. The molecule has 0 saturated heterocycles. The van der Waals surface area contributed by atoms with E-state index in [1.54, 1.807) is 0 Å². The second-order valence-corrected chi connectivity index (χ2v) is 8.51. The highest BCUT2D eigenvalue weighted by Gasteiger charge is 2.24. The van der Waals surface area contributed by atoms with Crippen molar-refractivity contribution in [3.05, 3.63) is 0 Å². The Labute approximate surface area is 146 Å². The molecule has 0 heterocycles. The number of rotatable bonds is 10. The van der Waals surface area contributed by atoms with Crippen LogP contribution in [0.4, 0.5) is 0 Å². The fraction of sp³-hybridized carbons (Fsp3) is 1.00. The minimum atomic E-state index is 0.866. The minimum Gasteiger partial charge on any atom is -0.381 e. The monoisotopic (exact) mass is 322 g/mol. The second-order valence-electron chi connectivity index (χ2n) is 8.51. The summed E-state index contributed by atoms with van der Waals surface area (Å²) in [4.78, 5) is 0. The lowest BCUT2D eigenvalue weighted by Gasteiger charge is -2.32. The van der Waals surface area contributed by atoms with Gasteiger partial charge in [0.25, 0.3) is 0 Å². The molecular weight excluding hydrogens is 280 g/mol. The number of hydrogen-bond donors (Lipinski definition) is 0. The first-order chi connectivity index (χ1) is 11.3. The zero-order chi connectivity index (χ0) is 16.3. The summed E-state index contributed by atoms with van der Waals surface area (Å²) in [6.07, 6.45) is 20.8. The smallest absolute Gasteiger partial charge is 0.0494 e. The quantitative estimate of drug-likeness (QED) is 0.393. The zero-order valence-electron chi connectivity index (χ0n) is 16.0. The van der Waals surface area contributed by atoms with Crippen LogP contribution < -0.4 is 0 Å². The third kappa shape index (κ3) is 7.59. The van der Waals surface area contributed by atoms with Crippen LogP contribution >= 0.6 is 0 Å². The Morgan fingerprint density at radius 1 is 0.609 bits per heavy atom. The third-order valence-electron chi connectivity index (χ3n) is 6.69.